The maximum Gasteiger partial charge on any atom is 0.250 e. The molecule has 0 unspecified atom stereocenters. The van der Waals surface area contributed by atoms with E-state index in [0.29, 0.717) is 5.16 Å². The van der Waals surface area contributed by atoms with Crippen LogP contribution in [-0.2, 0) is 11.8 Å². The Hall–Kier alpha value is -2.97. The van der Waals surface area contributed by atoms with Gasteiger partial charge in [0.1, 0.15) is 0 Å². The number of nitrogens with one attached hydrogen (secondary N) is 1. The van der Waals surface area contributed by atoms with E-state index in [2.05, 4.69) is 36.7 Å². The average molecular weight is 480 g/mol. The van der Waals surface area contributed by atoms with E-state index in [-0.39, 0.29) is 11.7 Å². The standard InChI is InChI=1S/C22H18BrN5OS/c1-28-21(16-8-5-10-18(23)12-16)26-27-22(28)30-14-20(29)25-24-13-17-9-4-7-15-6-2-3-11-19(15)17/h2-13H,14H2,1H3,(H,25,29). The van der Waals surface area contributed by atoms with Crippen molar-refractivity contribution in [2.45, 2.75) is 5.16 Å². The molecular weight excluding hydrogens is 462 g/mol. The van der Waals surface area contributed by atoms with E-state index in [9.17, 15) is 4.79 Å². The van der Waals surface area contributed by atoms with Crippen LogP contribution >= 0.6 is 27.7 Å². The molecule has 0 radical (unpaired) electrons. The second-order valence-electron chi connectivity index (χ2n) is 6.53. The number of hydrazone groups is 1. The third kappa shape index (κ3) is 4.60. The second-order valence-corrected chi connectivity index (χ2v) is 8.38. The summed E-state index contributed by atoms with van der Waals surface area (Å²) < 4.78 is 2.85. The van der Waals surface area contributed by atoms with Crippen molar-refractivity contribution in [2.24, 2.45) is 12.1 Å². The lowest BCUT2D eigenvalue weighted by molar-refractivity contribution is -0.118. The van der Waals surface area contributed by atoms with Crippen molar-refractivity contribution in [1.82, 2.24) is 20.2 Å². The molecule has 8 heteroatoms. The van der Waals surface area contributed by atoms with Crippen LogP contribution in [0.3, 0.4) is 0 Å². The number of rotatable bonds is 6. The SMILES string of the molecule is Cn1c(SCC(=O)NN=Cc2cccc3ccccc23)nnc1-c1cccc(Br)c1. The van der Waals surface area contributed by atoms with E-state index in [1.54, 1.807) is 6.21 Å². The molecular formula is C22H18BrN5OS. The van der Waals surface area contributed by atoms with Gasteiger partial charge in [0.15, 0.2) is 11.0 Å². The number of carbonyl (C=O) groups excluding carboxylic acids is 1. The highest BCUT2D eigenvalue weighted by Crippen LogP contribution is 2.24. The summed E-state index contributed by atoms with van der Waals surface area (Å²) in [6.07, 6.45) is 1.67. The van der Waals surface area contributed by atoms with Gasteiger partial charge >= 0.3 is 0 Å². The first-order valence-electron chi connectivity index (χ1n) is 9.19. The minimum atomic E-state index is -0.205. The van der Waals surface area contributed by atoms with Gasteiger partial charge in [-0.3, -0.25) is 4.79 Å². The van der Waals surface area contributed by atoms with E-state index in [1.165, 1.54) is 11.8 Å². The molecule has 1 amide bonds. The number of fused-ring (bicyclic) bond motifs is 1. The molecule has 0 fully saturated rings. The zero-order chi connectivity index (χ0) is 20.9. The number of hydrogen-bond acceptors (Lipinski definition) is 5. The minimum Gasteiger partial charge on any atom is -0.305 e. The molecule has 4 aromatic rings. The number of amides is 1. The monoisotopic (exact) mass is 479 g/mol. The molecule has 0 aliphatic heterocycles. The van der Waals surface area contributed by atoms with E-state index in [1.807, 2.05) is 78.3 Å². The van der Waals surface area contributed by atoms with Gasteiger partial charge in [-0.05, 0) is 22.9 Å². The predicted octanol–water partition coefficient (Wildman–Crippen LogP) is 4.64. The molecule has 30 heavy (non-hydrogen) atoms. The summed E-state index contributed by atoms with van der Waals surface area (Å²) >= 11 is 4.78. The highest BCUT2D eigenvalue weighted by atomic mass is 79.9. The molecule has 4 rings (SSSR count). The molecule has 1 aromatic heterocycles. The smallest absolute Gasteiger partial charge is 0.250 e. The number of thioether (sulfide) groups is 1. The molecule has 0 atom stereocenters. The van der Waals surface area contributed by atoms with Crippen LogP contribution < -0.4 is 5.43 Å². The summed E-state index contributed by atoms with van der Waals surface area (Å²) in [5.74, 6) is 0.730. The number of nitrogens with zero attached hydrogens (tertiary/aromatic N) is 4. The van der Waals surface area contributed by atoms with Gasteiger partial charge in [-0.25, -0.2) is 5.43 Å². The Morgan fingerprint density at radius 2 is 1.93 bits per heavy atom. The summed E-state index contributed by atoms with van der Waals surface area (Å²) in [6.45, 7) is 0. The molecule has 0 saturated heterocycles. The Labute approximate surface area is 186 Å². The van der Waals surface area contributed by atoms with E-state index >= 15 is 0 Å². The maximum atomic E-state index is 12.2. The van der Waals surface area contributed by atoms with Crippen LogP contribution in [0.25, 0.3) is 22.2 Å². The van der Waals surface area contributed by atoms with Crippen molar-refractivity contribution >= 4 is 50.6 Å². The maximum absolute atomic E-state index is 12.2. The highest BCUT2D eigenvalue weighted by Gasteiger charge is 2.13. The molecule has 3 aromatic carbocycles. The van der Waals surface area contributed by atoms with Crippen molar-refractivity contribution in [2.75, 3.05) is 5.75 Å². The van der Waals surface area contributed by atoms with E-state index < -0.39 is 0 Å². The number of benzene rings is 3. The zero-order valence-electron chi connectivity index (χ0n) is 16.1. The van der Waals surface area contributed by atoms with Crippen LogP contribution in [0, 0.1) is 0 Å². The molecule has 0 saturated carbocycles. The largest absolute Gasteiger partial charge is 0.305 e. The van der Waals surface area contributed by atoms with Gasteiger partial charge in [0, 0.05) is 22.6 Å². The van der Waals surface area contributed by atoms with Crippen LogP contribution in [0.2, 0.25) is 0 Å². The van der Waals surface area contributed by atoms with Gasteiger partial charge in [0.05, 0.1) is 12.0 Å². The molecule has 0 bridgehead atoms. The second kappa shape index (κ2) is 9.23. The van der Waals surface area contributed by atoms with Crippen LogP contribution in [0.15, 0.2) is 81.5 Å². The van der Waals surface area contributed by atoms with Crippen LogP contribution in [0.1, 0.15) is 5.56 Å². The first-order valence-corrected chi connectivity index (χ1v) is 11.0. The fourth-order valence-corrected chi connectivity index (χ4v) is 4.12. The topological polar surface area (TPSA) is 72.2 Å². The molecule has 150 valence electrons. The minimum absolute atomic E-state index is 0.192. The van der Waals surface area contributed by atoms with Gasteiger partial charge in [0.2, 0.25) is 0 Å². The normalized spacial score (nSPS) is 11.3. The van der Waals surface area contributed by atoms with Gasteiger partial charge in [-0.1, -0.05) is 82.3 Å². The molecule has 0 spiro atoms. The van der Waals surface area contributed by atoms with E-state index in [4.69, 9.17) is 0 Å². The summed E-state index contributed by atoms with van der Waals surface area (Å²) in [7, 11) is 1.88. The van der Waals surface area contributed by atoms with Gasteiger partial charge in [-0.15, -0.1) is 10.2 Å². The van der Waals surface area contributed by atoms with Crippen LogP contribution in [0.4, 0.5) is 0 Å². The molecule has 1 heterocycles. The lowest BCUT2D eigenvalue weighted by Gasteiger charge is -2.04. The van der Waals surface area contributed by atoms with Crippen molar-refractivity contribution in [1.29, 1.82) is 0 Å². The third-order valence-electron chi connectivity index (χ3n) is 4.47. The molecule has 6 nitrogen and oxygen atoms in total. The number of hydrogen-bond donors (Lipinski definition) is 1. The number of halogens is 1. The lowest BCUT2D eigenvalue weighted by atomic mass is 10.1. The summed E-state index contributed by atoms with van der Waals surface area (Å²) in [5, 5.41) is 15.4. The molecule has 0 aliphatic rings. The third-order valence-corrected chi connectivity index (χ3v) is 5.98. The van der Waals surface area contributed by atoms with E-state index in [0.717, 1.165) is 32.2 Å². The lowest BCUT2D eigenvalue weighted by Crippen LogP contribution is -2.19. The molecule has 1 N–H and O–H groups in total. The Bertz CT molecular complexity index is 1230. The van der Waals surface area contributed by atoms with Gasteiger partial charge < -0.3 is 4.57 Å². The Morgan fingerprint density at radius 3 is 2.80 bits per heavy atom. The predicted molar refractivity (Wildman–Crippen MR) is 125 cm³/mol. The van der Waals surface area contributed by atoms with Crippen molar-refractivity contribution in [3.8, 4) is 11.4 Å². The number of carbonyl (C=O) groups is 1. The van der Waals surface area contributed by atoms with Crippen molar-refractivity contribution in [3.05, 3.63) is 76.8 Å². The first-order chi connectivity index (χ1) is 14.6. The summed E-state index contributed by atoms with van der Waals surface area (Å²) in [6, 6.07) is 21.9. The number of aromatic nitrogens is 3. The van der Waals surface area contributed by atoms with Gasteiger partial charge in [0.25, 0.3) is 5.91 Å². The quantitative estimate of drug-likeness (QED) is 0.248. The van der Waals surface area contributed by atoms with Crippen LogP contribution in [-0.4, -0.2) is 32.6 Å². The zero-order valence-corrected chi connectivity index (χ0v) is 18.5. The Kier molecular flexibility index (Phi) is 6.25. The highest BCUT2D eigenvalue weighted by molar-refractivity contribution is 9.10. The summed E-state index contributed by atoms with van der Waals surface area (Å²) in [5.41, 5.74) is 4.48. The Morgan fingerprint density at radius 1 is 1.13 bits per heavy atom. The van der Waals surface area contributed by atoms with Crippen molar-refractivity contribution in [3.63, 3.8) is 0 Å². The van der Waals surface area contributed by atoms with Crippen molar-refractivity contribution < 1.29 is 4.79 Å². The van der Waals surface area contributed by atoms with Crippen LogP contribution in [0.5, 0.6) is 0 Å². The average Bonchev–Trinajstić information content (AvgIpc) is 3.13. The van der Waals surface area contributed by atoms with Gasteiger partial charge in [-0.2, -0.15) is 5.10 Å². The fourth-order valence-electron chi connectivity index (χ4n) is 3.02. The fraction of sp³-hybridized carbons (Fsp3) is 0.0909. The molecule has 0 aliphatic carbocycles. The summed E-state index contributed by atoms with van der Waals surface area (Å²) in [4.78, 5) is 12.2. The Balaban J connectivity index is 1.37. The first kappa shape index (κ1) is 20.3.